The summed E-state index contributed by atoms with van der Waals surface area (Å²) in [7, 11) is 0. The van der Waals surface area contributed by atoms with Crippen molar-refractivity contribution < 1.29 is 14.0 Å². The highest BCUT2D eigenvalue weighted by molar-refractivity contribution is 5.97. The number of piperidine rings is 1. The van der Waals surface area contributed by atoms with Crippen LogP contribution < -0.4 is 5.32 Å². The zero-order valence-corrected chi connectivity index (χ0v) is 18.5. The monoisotopic (exact) mass is 457 g/mol. The van der Waals surface area contributed by atoms with Crippen molar-refractivity contribution in [3.63, 3.8) is 0 Å². The summed E-state index contributed by atoms with van der Waals surface area (Å²) in [6, 6.07) is 18.9. The summed E-state index contributed by atoms with van der Waals surface area (Å²) in [6.07, 6.45) is 6.60. The van der Waals surface area contributed by atoms with Crippen LogP contribution in [0.25, 0.3) is 11.5 Å². The second-order valence-corrected chi connectivity index (χ2v) is 8.27. The Morgan fingerprint density at radius 1 is 0.912 bits per heavy atom. The van der Waals surface area contributed by atoms with E-state index in [1.165, 1.54) is 12.1 Å². The third-order valence-electron chi connectivity index (χ3n) is 6.05. The first-order valence-electron chi connectivity index (χ1n) is 11.2. The number of carbonyl (C=O) groups is 2. The number of nitrogens with zero attached hydrogens (tertiary/aromatic N) is 4. The number of halogens is 1. The van der Waals surface area contributed by atoms with Gasteiger partial charge in [-0.25, -0.2) is 9.07 Å². The number of nitrogens with one attached hydrogen (secondary N) is 1. The minimum absolute atomic E-state index is 0.0163. The quantitative estimate of drug-likeness (QED) is 0.495. The molecule has 2 aromatic heterocycles. The molecule has 0 radical (unpaired) electrons. The number of hydrogen-bond donors (Lipinski definition) is 1. The standard InChI is InChI=1S/C26H24FN5O2/c27-20-8-10-22(11-9-20)32-25(30-14-4-5-15-30)23(18-28-32)26(34)31-16-12-21(13-17-31)29-24(33)19-6-2-1-3-7-19/h1-11,14-15,18,21H,12-13,16-17H2,(H,29,33). The van der Waals surface area contributed by atoms with E-state index in [9.17, 15) is 14.0 Å². The van der Waals surface area contributed by atoms with Gasteiger partial charge >= 0.3 is 0 Å². The lowest BCUT2D eigenvalue weighted by Gasteiger charge is -2.32. The van der Waals surface area contributed by atoms with Gasteiger partial charge in [-0.15, -0.1) is 0 Å². The molecular weight excluding hydrogens is 433 g/mol. The van der Waals surface area contributed by atoms with E-state index in [0.717, 1.165) is 0 Å². The van der Waals surface area contributed by atoms with Gasteiger partial charge in [0.2, 0.25) is 0 Å². The molecule has 2 amide bonds. The van der Waals surface area contributed by atoms with Crippen LogP contribution in [0, 0.1) is 5.82 Å². The van der Waals surface area contributed by atoms with Crippen molar-refractivity contribution in [1.82, 2.24) is 24.6 Å². The van der Waals surface area contributed by atoms with Gasteiger partial charge in [0.1, 0.15) is 11.4 Å². The molecule has 0 saturated carbocycles. The highest BCUT2D eigenvalue weighted by Gasteiger charge is 2.28. The Labute approximate surface area is 196 Å². The predicted molar refractivity (Wildman–Crippen MR) is 126 cm³/mol. The van der Waals surface area contributed by atoms with Crippen LogP contribution in [0.5, 0.6) is 0 Å². The molecule has 8 heteroatoms. The summed E-state index contributed by atoms with van der Waals surface area (Å²) in [4.78, 5) is 27.7. The molecule has 1 aliphatic heterocycles. The van der Waals surface area contributed by atoms with Crippen LogP contribution in [-0.4, -0.2) is 50.2 Å². The minimum atomic E-state index is -0.336. The summed E-state index contributed by atoms with van der Waals surface area (Å²) >= 11 is 0. The van der Waals surface area contributed by atoms with E-state index in [4.69, 9.17) is 0 Å². The molecule has 0 bridgehead atoms. The number of aromatic nitrogens is 3. The van der Waals surface area contributed by atoms with E-state index in [2.05, 4.69) is 10.4 Å². The summed E-state index contributed by atoms with van der Waals surface area (Å²) in [5.41, 5.74) is 1.75. The number of rotatable bonds is 5. The predicted octanol–water partition coefficient (Wildman–Crippen LogP) is 3.84. The fraction of sp³-hybridized carbons (Fsp3) is 0.192. The van der Waals surface area contributed by atoms with Crippen molar-refractivity contribution >= 4 is 11.8 Å². The Morgan fingerprint density at radius 3 is 2.26 bits per heavy atom. The average molecular weight is 458 g/mol. The van der Waals surface area contributed by atoms with Gasteiger partial charge in [0.25, 0.3) is 11.8 Å². The van der Waals surface area contributed by atoms with Gasteiger partial charge in [-0.05, 0) is 61.4 Å². The van der Waals surface area contributed by atoms with Crippen molar-refractivity contribution in [2.24, 2.45) is 0 Å². The van der Waals surface area contributed by atoms with Gasteiger partial charge in [0.15, 0.2) is 5.82 Å². The molecule has 34 heavy (non-hydrogen) atoms. The Morgan fingerprint density at radius 2 is 1.59 bits per heavy atom. The van der Waals surface area contributed by atoms with Crippen molar-refractivity contribution in [1.29, 1.82) is 0 Å². The summed E-state index contributed by atoms with van der Waals surface area (Å²) < 4.78 is 16.9. The normalized spacial score (nSPS) is 14.2. The number of carbonyl (C=O) groups excluding carboxylic acids is 2. The van der Waals surface area contributed by atoms with E-state index < -0.39 is 0 Å². The lowest BCUT2D eigenvalue weighted by atomic mass is 10.0. The molecule has 0 spiro atoms. The van der Waals surface area contributed by atoms with Gasteiger partial charge in [0, 0.05) is 37.1 Å². The van der Waals surface area contributed by atoms with E-state index in [1.54, 1.807) is 40.0 Å². The van der Waals surface area contributed by atoms with Gasteiger partial charge in [-0.1, -0.05) is 18.2 Å². The lowest BCUT2D eigenvalue weighted by molar-refractivity contribution is 0.0698. The van der Waals surface area contributed by atoms with Crippen LogP contribution in [0.15, 0.2) is 85.3 Å². The van der Waals surface area contributed by atoms with Crippen LogP contribution in [-0.2, 0) is 0 Å². The molecule has 2 aromatic carbocycles. The van der Waals surface area contributed by atoms with E-state index in [1.807, 2.05) is 47.3 Å². The smallest absolute Gasteiger partial charge is 0.259 e. The molecular formula is C26H24FN5O2. The molecule has 1 N–H and O–H groups in total. The molecule has 5 rings (SSSR count). The van der Waals surface area contributed by atoms with Gasteiger partial charge in [-0.2, -0.15) is 5.10 Å². The van der Waals surface area contributed by atoms with Gasteiger partial charge < -0.3 is 14.8 Å². The number of hydrogen-bond acceptors (Lipinski definition) is 3. The van der Waals surface area contributed by atoms with Crippen molar-refractivity contribution in [3.8, 4) is 11.5 Å². The van der Waals surface area contributed by atoms with Crippen LogP contribution in [0.4, 0.5) is 4.39 Å². The Hall–Kier alpha value is -4.20. The molecule has 1 saturated heterocycles. The number of benzene rings is 2. The van der Waals surface area contributed by atoms with Crippen LogP contribution >= 0.6 is 0 Å². The molecule has 1 fully saturated rings. The van der Waals surface area contributed by atoms with Crippen LogP contribution in [0.1, 0.15) is 33.6 Å². The minimum Gasteiger partial charge on any atom is -0.349 e. The largest absolute Gasteiger partial charge is 0.349 e. The third kappa shape index (κ3) is 4.34. The zero-order chi connectivity index (χ0) is 23.5. The topological polar surface area (TPSA) is 72.2 Å². The van der Waals surface area contributed by atoms with Crippen LogP contribution in [0.2, 0.25) is 0 Å². The Bertz CT molecular complexity index is 1270. The SMILES string of the molecule is O=C(NC1CCN(C(=O)c2cnn(-c3ccc(F)cc3)c2-n2cccc2)CC1)c1ccccc1. The first kappa shape index (κ1) is 21.6. The van der Waals surface area contributed by atoms with Gasteiger partial charge in [0.05, 0.1) is 11.9 Å². The molecule has 4 aromatic rings. The van der Waals surface area contributed by atoms with E-state index in [-0.39, 0.29) is 23.7 Å². The van der Waals surface area contributed by atoms with Crippen LogP contribution in [0.3, 0.4) is 0 Å². The molecule has 172 valence electrons. The van der Waals surface area contributed by atoms with Crippen molar-refractivity contribution in [2.45, 2.75) is 18.9 Å². The second-order valence-electron chi connectivity index (χ2n) is 8.27. The number of amides is 2. The lowest BCUT2D eigenvalue weighted by Crippen LogP contribution is -2.46. The fourth-order valence-corrected chi connectivity index (χ4v) is 4.24. The maximum absolute atomic E-state index is 13.5. The summed E-state index contributed by atoms with van der Waals surface area (Å²) in [5.74, 6) is 0.0452. The maximum Gasteiger partial charge on any atom is 0.259 e. The van der Waals surface area contributed by atoms with E-state index in [0.29, 0.717) is 48.6 Å². The average Bonchev–Trinajstić information content (AvgIpc) is 3.55. The highest BCUT2D eigenvalue weighted by atomic mass is 19.1. The summed E-state index contributed by atoms with van der Waals surface area (Å²) in [6.45, 7) is 1.07. The molecule has 0 atom stereocenters. The number of likely N-dealkylation sites (tertiary alicyclic amines) is 1. The first-order chi connectivity index (χ1) is 16.6. The first-order valence-corrected chi connectivity index (χ1v) is 11.2. The Balaban J connectivity index is 1.32. The molecule has 7 nitrogen and oxygen atoms in total. The molecule has 1 aliphatic rings. The highest BCUT2D eigenvalue weighted by Crippen LogP contribution is 2.23. The van der Waals surface area contributed by atoms with Crippen molar-refractivity contribution in [2.75, 3.05) is 13.1 Å². The van der Waals surface area contributed by atoms with Gasteiger partial charge in [-0.3, -0.25) is 9.59 Å². The van der Waals surface area contributed by atoms with E-state index >= 15 is 0 Å². The fourth-order valence-electron chi connectivity index (χ4n) is 4.24. The Kier molecular flexibility index (Phi) is 5.95. The zero-order valence-electron chi connectivity index (χ0n) is 18.5. The van der Waals surface area contributed by atoms with Crippen molar-refractivity contribution in [3.05, 3.63) is 102 Å². The molecule has 3 heterocycles. The second kappa shape index (κ2) is 9.35. The molecule has 0 aliphatic carbocycles. The molecule has 0 unspecified atom stereocenters. The maximum atomic E-state index is 13.5. The summed E-state index contributed by atoms with van der Waals surface area (Å²) in [5, 5.41) is 7.51. The third-order valence-corrected chi connectivity index (χ3v) is 6.05.